The van der Waals surface area contributed by atoms with Gasteiger partial charge in [-0.25, -0.2) is 0 Å². The first-order valence-electron chi connectivity index (χ1n) is 15.1. The average Bonchev–Trinajstić information content (AvgIpc) is 3.52. The molecule has 1 atom stereocenters. The number of likely N-dealkylation sites (tertiary alicyclic amines) is 3. The first-order chi connectivity index (χ1) is 19.2. The molecule has 4 aliphatic heterocycles. The molecule has 0 radical (unpaired) electrons. The van der Waals surface area contributed by atoms with Crippen LogP contribution in [0.3, 0.4) is 0 Å². The van der Waals surface area contributed by atoms with Gasteiger partial charge in [-0.05, 0) is 102 Å². The summed E-state index contributed by atoms with van der Waals surface area (Å²) >= 11 is 0. The molecule has 4 aliphatic rings. The third-order valence-corrected chi connectivity index (χ3v) is 9.83. The van der Waals surface area contributed by atoms with Crippen LogP contribution >= 0.6 is 0 Å². The summed E-state index contributed by atoms with van der Waals surface area (Å²) in [6.45, 7) is 9.96. The summed E-state index contributed by atoms with van der Waals surface area (Å²) in [6, 6.07) is 14.0. The molecule has 2 aromatic carbocycles. The number of hydrogen-bond donors (Lipinski definition) is 1. The van der Waals surface area contributed by atoms with Crippen molar-refractivity contribution in [2.24, 2.45) is 5.41 Å². The Labute approximate surface area is 238 Å². The van der Waals surface area contributed by atoms with E-state index >= 15 is 0 Å². The molecule has 40 heavy (non-hydrogen) atoms. The first-order valence-corrected chi connectivity index (χ1v) is 15.1. The quantitative estimate of drug-likeness (QED) is 0.577. The maximum Gasteiger partial charge on any atom is 0.255 e. The number of para-hydroxylation sites is 2. The molecule has 0 aromatic heterocycles. The van der Waals surface area contributed by atoms with Crippen LogP contribution in [0.2, 0.25) is 0 Å². The lowest BCUT2D eigenvalue weighted by molar-refractivity contribution is -0.119. The summed E-state index contributed by atoms with van der Waals surface area (Å²) in [7, 11) is 1.99. The van der Waals surface area contributed by atoms with Gasteiger partial charge in [-0.1, -0.05) is 30.3 Å². The van der Waals surface area contributed by atoms with Crippen molar-refractivity contribution in [3.05, 3.63) is 59.2 Å². The third-order valence-electron chi connectivity index (χ3n) is 9.83. The molecule has 0 unspecified atom stereocenters. The van der Waals surface area contributed by atoms with Crippen molar-refractivity contribution in [3.63, 3.8) is 0 Å². The van der Waals surface area contributed by atoms with E-state index in [0.29, 0.717) is 16.7 Å². The van der Waals surface area contributed by atoms with Gasteiger partial charge < -0.3 is 15.0 Å². The molecule has 1 spiro atoms. The van der Waals surface area contributed by atoms with E-state index in [2.05, 4.69) is 47.2 Å². The smallest absolute Gasteiger partial charge is 0.255 e. The number of piperidine rings is 2. The number of carbonyl (C=O) groups excluding carboxylic acids is 2. The molecular formula is C33H44N4O3. The second-order valence-electron chi connectivity index (χ2n) is 13.2. The fourth-order valence-electron chi connectivity index (χ4n) is 7.32. The van der Waals surface area contributed by atoms with Crippen LogP contribution in [0.15, 0.2) is 42.5 Å². The van der Waals surface area contributed by atoms with Crippen molar-refractivity contribution in [3.8, 4) is 5.75 Å². The topological polar surface area (TPSA) is 65.1 Å². The van der Waals surface area contributed by atoms with Crippen LogP contribution < -0.4 is 10.1 Å². The molecule has 1 N–H and O–H groups in total. The Balaban J connectivity index is 1.03. The summed E-state index contributed by atoms with van der Waals surface area (Å²) in [5.74, 6) is 1.12. The minimum absolute atomic E-state index is 0.0136. The van der Waals surface area contributed by atoms with E-state index in [1.54, 1.807) is 0 Å². The summed E-state index contributed by atoms with van der Waals surface area (Å²) in [5, 5.41) is 3.06. The maximum absolute atomic E-state index is 13.6. The largest absolute Gasteiger partial charge is 0.487 e. The molecule has 0 saturated carbocycles. The van der Waals surface area contributed by atoms with Gasteiger partial charge in [0.2, 0.25) is 5.91 Å². The third kappa shape index (κ3) is 5.51. The number of carbonyl (C=O) groups is 2. The SMILES string of the molecule is CN1CCC[C@H]1C(=O)Nc1ccccc1C(=O)N1CCC2(CCN(Cc3cccc4c3OC(C)(C)C4)CC2)CC1. The zero-order valence-corrected chi connectivity index (χ0v) is 24.4. The number of ether oxygens (including phenoxy) is 1. The van der Waals surface area contributed by atoms with E-state index in [1.807, 2.05) is 36.2 Å². The lowest BCUT2D eigenvalue weighted by Gasteiger charge is -2.47. The van der Waals surface area contributed by atoms with Crippen molar-refractivity contribution >= 4 is 17.5 Å². The molecule has 4 heterocycles. The Kier molecular flexibility index (Phi) is 7.38. The van der Waals surface area contributed by atoms with E-state index in [9.17, 15) is 9.59 Å². The van der Waals surface area contributed by atoms with Crippen LogP contribution in [-0.4, -0.2) is 77.9 Å². The van der Waals surface area contributed by atoms with Gasteiger partial charge in [0.05, 0.1) is 17.3 Å². The van der Waals surface area contributed by atoms with Gasteiger partial charge in [0.25, 0.3) is 5.91 Å². The number of hydrogen-bond acceptors (Lipinski definition) is 5. The lowest BCUT2D eigenvalue weighted by Crippen LogP contribution is -2.48. The van der Waals surface area contributed by atoms with E-state index in [-0.39, 0.29) is 23.5 Å². The number of rotatable bonds is 5. The highest BCUT2D eigenvalue weighted by Crippen LogP contribution is 2.43. The summed E-state index contributed by atoms with van der Waals surface area (Å²) in [5.41, 5.74) is 4.08. The van der Waals surface area contributed by atoms with Gasteiger partial charge in [-0.15, -0.1) is 0 Å². The number of amides is 2. The molecule has 7 nitrogen and oxygen atoms in total. The fourth-order valence-corrected chi connectivity index (χ4v) is 7.32. The highest BCUT2D eigenvalue weighted by Gasteiger charge is 2.40. The number of benzene rings is 2. The number of fused-ring (bicyclic) bond motifs is 1. The van der Waals surface area contributed by atoms with E-state index in [1.165, 1.54) is 24.0 Å². The Hall–Kier alpha value is -2.90. The summed E-state index contributed by atoms with van der Waals surface area (Å²) < 4.78 is 6.32. The minimum atomic E-state index is -0.119. The number of anilines is 1. The monoisotopic (exact) mass is 544 g/mol. The Bertz CT molecular complexity index is 1260. The number of nitrogens with one attached hydrogen (secondary N) is 1. The van der Waals surface area contributed by atoms with Crippen molar-refractivity contribution in [1.29, 1.82) is 0 Å². The van der Waals surface area contributed by atoms with Crippen LogP contribution in [0.1, 0.15) is 73.9 Å². The maximum atomic E-state index is 13.6. The summed E-state index contributed by atoms with van der Waals surface area (Å²) in [6.07, 6.45) is 7.32. The Morgan fingerprint density at radius 2 is 1.68 bits per heavy atom. The van der Waals surface area contributed by atoms with Crippen molar-refractivity contribution in [2.45, 2.75) is 77.0 Å². The predicted molar refractivity (Wildman–Crippen MR) is 158 cm³/mol. The van der Waals surface area contributed by atoms with E-state index in [4.69, 9.17) is 4.74 Å². The fraction of sp³-hybridized carbons (Fsp3) is 0.576. The van der Waals surface area contributed by atoms with Crippen molar-refractivity contribution in [2.75, 3.05) is 45.1 Å². The van der Waals surface area contributed by atoms with E-state index in [0.717, 1.165) is 77.1 Å². The Morgan fingerprint density at radius 1 is 0.950 bits per heavy atom. The minimum Gasteiger partial charge on any atom is -0.487 e. The molecule has 214 valence electrons. The molecule has 7 heteroatoms. The predicted octanol–water partition coefficient (Wildman–Crippen LogP) is 4.95. The van der Waals surface area contributed by atoms with Crippen LogP contribution in [0.4, 0.5) is 5.69 Å². The average molecular weight is 545 g/mol. The van der Waals surface area contributed by atoms with Crippen LogP contribution in [0.25, 0.3) is 0 Å². The van der Waals surface area contributed by atoms with Crippen LogP contribution in [0, 0.1) is 5.41 Å². The highest BCUT2D eigenvalue weighted by atomic mass is 16.5. The van der Waals surface area contributed by atoms with Gasteiger partial charge in [0, 0.05) is 31.6 Å². The molecular weight excluding hydrogens is 500 g/mol. The van der Waals surface area contributed by atoms with Gasteiger partial charge >= 0.3 is 0 Å². The van der Waals surface area contributed by atoms with E-state index < -0.39 is 0 Å². The molecule has 3 fully saturated rings. The lowest BCUT2D eigenvalue weighted by atomic mass is 9.71. The second kappa shape index (κ2) is 10.8. The normalized spacial score (nSPS) is 24.1. The standard InChI is InChI=1S/C33H44N4O3/c1-32(2)22-24-8-6-9-25(29(24)40-32)23-36-18-13-33(14-19-36)15-20-37(21-16-33)31(39)26-10-4-5-11-27(26)34-30(38)28-12-7-17-35(28)3/h4-6,8-11,28H,7,12-23H2,1-3H3,(H,34,38)/t28-/m0/s1. The highest BCUT2D eigenvalue weighted by molar-refractivity contribution is 6.04. The van der Waals surface area contributed by atoms with Gasteiger partial charge in [0.1, 0.15) is 11.4 Å². The first kappa shape index (κ1) is 27.3. The number of likely N-dealkylation sites (N-methyl/N-ethyl adjacent to an activating group) is 1. The van der Waals surface area contributed by atoms with Gasteiger partial charge in [-0.3, -0.25) is 19.4 Å². The number of nitrogens with zero attached hydrogens (tertiary/aromatic N) is 3. The molecule has 2 aromatic rings. The molecule has 0 aliphatic carbocycles. The molecule has 2 amide bonds. The Morgan fingerprint density at radius 3 is 2.40 bits per heavy atom. The van der Waals surface area contributed by atoms with Crippen LogP contribution in [-0.2, 0) is 17.8 Å². The summed E-state index contributed by atoms with van der Waals surface area (Å²) in [4.78, 5) is 33.2. The molecule has 0 bridgehead atoms. The van der Waals surface area contributed by atoms with Gasteiger partial charge in [0.15, 0.2) is 0 Å². The van der Waals surface area contributed by atoms with Crippen LogP contribution in [0.5, 0.6) is 5.75 Å². The zero-order valence-electron chi connectivity index (χ0n) is 24.4. The molecule has 6 rings (SSSR count). The second-order valence-corrected chi connectivity index (χ2v) is 13.2. The zero-order chi connectivity index (χ0) is 27.9. The van der Waals surface area contributed by atoms with Crippen molar-refractivity contribution < 1.29 is 14.3 Å². The van der Waals surface area contributed by atoms with Crippen molar-refractivity contribution in [1.82, 2.24) is 14.7 Å². The molecule has 3 saturated heterocycles. The van der Waals surface area contributed by atoms with Gasteiger partial charge in [-0.2, -0.15) is 0 Å².